The van der Waals surface area contributed by atoms with Crippen LogP contribution in [0, 0.1) is 0 Å². The van der Waals surface area contributed by atoms with Crippen molar-refractivity contribution in [2.24, 2.45) is 0 Å². The van der Waals surface area contributed by atoms with E-state index < -0.39 is 0 Å². The van der Waals surface area contributed by atoms with E-state index in [-0.39, 0.29) is 0 Å². The van der Waals surface area contributed by atoms with Gasteiger partial charge in [-0.15, -0.1) is 0 Å². The van der Waals surface area contributed by atoms with Crippen molar-refractivity contribution in [2.45, 2.75) is 0 Å². The molecule has 0 fully saturated rings. The normalized spacial score (nSPS) is 11.7. The summed E-state index contributed by atoms with van der Waals surface area (Å²) < 4.78 is 19.8. The van der Waals surface area contributed by atoms with Gasteiger partial charge in [0, 0.05) is 123 Å². The van der Waals surface area contributed by atoms with Gasteiger partial charge in [0.2, 0.25) is 0 Å². The Hall–Kier alpha value is -18.8. The van der Waals surface area contributed by atoms with Crippen LogP contribution in [-0.4, -0.2) is 9.13 Å². The molecule has 0 radical (unpaired) electrons. The average molecular weight is 1790 g/mol. The highest BCUT2D eigenvalue weighted by Gasteiger charge is 2.31. The van der Waals surface area contributed by atoms with Crippen LogP contribution in [0.3, 0.4) is 0 Å². The minimum absolute atomic E-state index is 0.803. The van der Waals surface area contributed by atoms with E-state index in [1.165, 1.54) is 16.2 Å². The summed E-state index contributed by atoms with van der Waals surface area (Å²) in [4.78, 5) is 9.60. The van der Waals surface area contributed by atoms with Crippen molar-refractivity contribution in [1.29, 1.82) is 0 Å². The molecule has 0 aliphatic rings. The van der Waals surface area contributed by atoms with Crippen LogP contribution in [0.5, 0.6) is 0 Å². The van der Waals surface area contributed by atoms with Gasteiger partial charge in [0.1, 0.15) is 22.3 Å². The van der Waals surface area contributed by atoms with Crippen LogP contribution in [0.15, 0.2) is 531 Å². The first-order chi connectivity index (χ1) is 69.4. The highest BCUT2D eigenvalue weighted by Crippen LogP contribution is 2.54. The Bertz CT molecular complexity index is 9430. The molecule has 0 atom stereocenters. The minimum Gasteiger partial charge on any atom is -0.455 e. The van der Waals surface area contributed by atoms with Gasteiger partial charge in [0.25, 0.3) is 0 Å². The summed E-state index contributed by atoms with van der Waals surface area (Å²) in [6.07, 6.45) is 0. The summed E-state index contributed by atoms with van der Waals surface area (Å²) in [5, 5.41) is 15.8. The minimum atomic E-state index is 0.803. The van der Waals surface area contributed by atoms with Crippen LogP contribution in [0.4, 0.5) is 68.2 Å². The quantitative estimate of drug-likeness (QED) is 0.0752. The number of nitrogens with zero attached hydrogens (tertiary/aromatic N) is 6. The Balaban J connectivity index is 0.585. The molecule has 0 amide bonds. The van der Waals surface area contributed by atoms with Gasteiger partial charge in [-0.3, -0.25) is 0 Å². The van der Waals surface area contributed by atoms with Gasteiger partial charge in [0.15, 0.2) is 0 Å². The molecule has 656 valence electrons. The van der Waals surface area contributed by atoms with E-state index in [4.69, 9.17) is 8.83 Å². The van der Waals surface area contributed by atoms with Crippen molar-refractivity contribution in [1.82, 2.24) is 9.13 Å². The fourth-order valence-corrected chi connectivity index (χ4v) is 21.9. The lowest BCUT2D eigenvalue weighted by Crippen LogP contribution is -2.14. The summed E-state index contributed by atoms with van der Waals surface area (Å²) >= 11 is 0. The second-order valence-corrected chi connectivity index (χ2v) is 36.2. The van der Waals surface area contributed by atoms with Crippen LogP contribution < -0.4 is 19.6 Å². The third-order valence-corrected chi connectivity index (χ3v) is 28.1. The maximum Gasteiger partial charge on any atom is 0.145 e. The summed E-state index contributed by atoms with van der Waals surface area (Å²) in [5.74, 6) is 0. The fraction of sp³-hybridized carbons (Fsp3) is 0. The number of aromatic nitrogens is 2. The number of hydrogen-bond donors (Lipinski definition) is 0. The zero-order chi connectivity index (χ0) is 92.2. The number of rotatable bonds is 19. The Morgan fingerprint density at radius 2 is 0.514 bits per heavy atom. The van der Waals surface area contributed by atoms with Gasteiger partial charge in [-0.2, -0.15) is 0 Å². The van der Waals surface area contributed by atoms with Crippen LogP contribution in [0.25, 0.3) is 187 Å². The molecule has 0 saturated heterocycles. The Labute approximate surface area is 808 Å². The molecule has 27 aromatic rings. The molecule has 4 heterocycles. The molecule has 0 N–H and O–H groups in total. The molecule has 27 rings (SSSR count). The Morgan fingerprint density at radius 1 is 0.164 bits per heavy atom. The number of hydrogen-bond acceptors (Lipinski definition) is 6. The van der Waals surface area contributed by atoms with Gasteiger partial charge in [-0.1, -0.05) is 328 Å². The molecule has 140 heavy (non-hydrogen) atoms. The third-order valence-electron chi connectivity index (χ3n) is 28.1. The molecule has 0 aliphatic carbocycles. The van der Waals surface area contributed by atoms with E-state index in [0.29, 0.717) is 0 Å². The highest BCUT2D eigenvalue weighted by molar-refractivity contribution is 6.30. The standard InChI is InChI=1S/C132H86N6O2/c1-8-36-87(37-9-1)90-39-32-54-103(77-90)137-123-63-28-24-57-113(123)120-85-118(131-127(129(120)137)116-59-26-30-66-125(116)139-131)94-79-105(133(96-42-10-2-11-43-96)97-44-12-3-13-45-97)83-106(80-94)135(100-50-18-6-19-51-100)102-72-68-89(69-73-102)109-61-34-41-93-76-92(71-74-111(93)109)91-40-33-55-104(78-91)138-124-64-29-25-58-114(124)121-86-119(132-128(130(121)138)117-60-27-31-67-126(117)140-132)95-81-107(134(98-46-14-4-15-47-98)99-48-16-5-17-49-99)84-108(82-95)136(101-52-20-7-21-53-101)122-65-35-62-112-110-56-23-22-38-88(110)70-75-115(112)122/h1-86H. The van der Waals surface area contributed by atoms with E-state index in [1.807, 2.05) is 0 Å². The second kappa shape index (κ2) is 33.7. The number of benzene rings is 23. The van der Waals surface area contributed by atoms with E-state index in [1.54, 1.807) is 0 Å². The Morgan fingerprint density at radius 3 is 1.00 bits per heavy atom. The first-order valence-electron chi connectivity index (χ1n) is 47.8. The van der Waals surface area contributed by atoms with Gasteiger partial charge < -0.3 is 37.6 Å². The molecule has 0 spiro atoms. The topological polar surface area (TPSA) is 49.1 Å². The van der Waals surface area contributed by atoms with Crippen molar-refractivity contribution >= 4 is 188 Å². The molecule has 23 aromatic carbocycles. The summed E-state index contributed by atoms with van der Waals surface area (Å²) in [6, 6.07) is 190. The van der Waals surface area contributed by atoms with E-state index >= 15 is 0 Å². The first kappa shape index (κ1) is 80.9. The van der Waals surface area contributed by atoms with Crippen molar-refractivity contribution in [3.63, 3.8) is 0 Å². The molecular formula is C132H86N6O2. The van der Waals surface area contributed by atoms with Crippen LogP contribution in [0.2, 0.25) is 0 Å². The summed E-state index contributed by atoms with van der Waals surface area (Å²) in [7, 11) is 0. The molecule has 0 unspecified atom stereocenters. The van der Waals surface area contributed by atoms with Crippen LogP contribution in [0.1, 0.15) is 0 Å². The molecule has 0 saturated carbocycles. The zero-order valence-corrected chi connectivity index (χ0v) is 76.2. The van der Waals surface area contributed by atoms with Crippen molar-refractivity contribution < 1.29 is 8.83 Å². The molecule has 0 bridgehead atoms. The lowest BCUT2D eigenvalue weighted by molar-refractivity contribution is 0.670. The number of furan rings is 2. The number of para-hydroxylation sites is 10. The smallest absolute Gasteiger partial charge is 0.145 e. The fourth-order valence-electron chi connectivity index (χ4n) is 21.9. The largest absolute Gasteiger partial charge is 0.455 e. The number of fused-ring (bicyclic) bond motifs is 18. The molecule has 8 nitrogen and oxygen atoms in total. The average Bonchev–Trinajstić information content (AvgIpc) is 1.55. The number of anilines is 12. The molecular weight excluding hydrogens is 1700 g/mol. The SMILES string of the molecule is c1ccc(-c2cccc(-n3c4ccccc4c4cc(-c5cc(N(c6ccccc6)c6ccccc6)cc(N(c6ccccc6)c6ccc(-c7cccc8cc(-c9cccc(-n%10c%11ccccc%11c%11cc(-c%12cc(N(c%13ccccc%13)c%13ccccc%13)cc(N(c%13ccccc%13)c%13cccc%14c%13ccc%13ccccc%13%14)c%12)c%12oc%13ccccc%13c%12c%11%10)c9)ccc78)cc6)c5)c5oc6ccccc6c5c43)c2)cc1. The van der Waals surface area contributed by atoms with E-state index in [9.17, 15) is 0 Å². The van der Waals surface area contributed by atoms with Gasteiger partial charge >= 0.3 is 0 Å². The highest BCUT2D eigenvalue weighted by atomic mass is 16.3. The second-order valence-electron chi connectivity index (χ2n) is 36.2. The van der Waals surface area contributed by atoms with Crippen LogP contribution >= 0.6 is 0 Å². The first-order valence-corrected chi connectivity index (χ1v) is 47.8. The van der Waals surface area contributed by atoms with Gasteiger partial charge in [0.05, 0.1) is 38.5 Å². The lowest BCUT2D eigenvalue weighted by Gasteiger charge is -2.31. The molecule has 4 aromatic heterocycles. The monoisotopic (exact) mass is 1790 g/mol. The maximum atomic E-state index is 7.46. The van der Waals surface area contributed by atoms with Crippen molar-refractivity contribution in [2.75, 3.05) is 19.6 Å². The van der Waals surface area contributed by atoms with Crippen molar-refractivity contribution in [3.05, 3.63) is 522 Å². The predicted octanol–water partition coefficient (Wildman–Crippen LogP) is 37.4. The maximum absolute atomic E-state index is 7.46. The van der Waals surface area contributed by atoms with E-state index in [0.717, 1.165) is 239 Å². The predicted molar refractivity (Wildman–Crippen MR) is 588 cm³/mol. The lowest BCUT2D eigenvalue weighted by atomic mass is 9.94. The summed E-state index contributed by atoms with van der Waals surface area (Å²) in [5.41, 5.74) is 32.6. The van der Waals surface area contributed by atoms with Gasteiger partial charge in [-0.25, -0.2) is 0 Å². The van der Waals surface area contributed by atoms with E-state index in [2.05, 4.69) is 550 Å². The Kier molecular flexibility index (Phi) is 19.5. The molecule has 8 heteroatoms. The summed E-state index contributed by atoms with van der Waals surface area (Å²) in [6.45, 7) is 0. The van der Waals surface area contributed by atoms with Crippen LogP contribution in [-0.2, 0) is 0 Å². The molecule has 0 aliphatic heterocycles. The zero-order valence-electron chi connectivity index (χ0n) is 76.2. The van der Waals surface area contributed by atoms with Crippen molar-refractivity contribution in [3.8, 4) is 67.0 Å². The third kappa shape index (κ3) is 13.7. The van der Waals surface area contributed by atoms with Gasteiger partial charge in [-0.05, 0) is 266 Å².